The van der Waals surface area contributed by atoms with Crippen molar-refractivity contribution in [1.29, 1.82) is 0 Å². The van der Waals surface area contributed by atoms with Crippen LogP contribution in [-0.2, 0) is 10.5 Å². The Kier molecular flexibility index (Phi) is 5.81. The molecule has 0 heterocycles. The number of carbonyl (C=O) groups is 1. The highest BCUT2D eigenvalue weighted by molar-refractivity contribution is 7.99. The van der Waals surface area contributed by atoms with Crippen molar-refractivity contribution in [2.75, 3.05) is 5.75 Å². The van der Waals surface area contributed by atoms with E-state index in [1.165, 1.54) is 23.9 Å². The van der Waals surface area contributed by atoms with Gasteiger partial charge in [0.25, 0.3) is 0 Å². The Balaban J connectivity index is 1.75. The van der Waals surface area contributed by atoms with Gasteiger partial charge < -0.3 is 5.32 Å². The number of carbonyl (C=O) groups excluding carboxylic acids is 1. The lowest BCUT2D eigenvalue weighted by atomic mass is 10.1. The maximum absolute atomic E-state index is 13.0. The summed E-state index contributed by atoms with van der Waals surface area (Å²) in [6, 6.07) is 16.3. The topological polar surface area (TPSA) is 29.1 Å². The molecular weight excluding hydrogens is 285 g/mol. The second-order valence-corrected chi connectivity index (χ2v) is 5.81. The Morgan fingerprint density at radius 3 is 2.67 bits per heavy atom. The molecular formula is C17H18FNOS. The lowest BCUT2D eigenvalue weighted by Crippen LogP contribution is -2.28. The number of hydrogen-bond donors (Lipinski definition) is 1. The van der Waals surface area contributed by atoms with Crippen LogP contribution in [0.3, 0.4) is 0 Å². The molecule has 0 aliphatic heterocycles. The van der Waals surface area contributed by atoms with Crippen LogP contribution in [0.25, 0.3) is 0 Å². The lowest BCUT2D eigenvalue weighted by Gasteiger charge is -2.14. The molecule has 2 nitrogen and oxygen atoms in total. The third kappa shape index (κ3) is 5.23. The Hall–Kier alpha value is -1.81. The molecule has 1 atom stereocenters. The molecule has 0 bridgehead atoms. The van der Waals surface area contributed by atoms with Gasteiger partial charge in [-0.25, -0.2) is 4.39 Å². The van der Waals surface area contributed by atoms with E-state index in [-0.39, 0.29) is 17.8 Å². The second kappa shape index (κ2) is 7.84. The monoisotopic (exact) mass is 303 g/mol. The molecule has 21 heavy (non-hydrogen) atoms. The highest BCUT2D eigenvalue weighted by Gasteiger charge is 2.09. The standard InChI is InChI=1S/C17H18FNOS/c1-13(15-7-3-2-4-8-15)19-17(20)12-21-11-14-6-5-9-16(18)10-14/h2-10,13H,11-12H2,1H3,(H,19,20)/t13-/m0/s1. The summed E-state index contributed by atoms with van der Waals surface area (Å²) in [5, 5.41) is 2.96. The number of halogens is 1. The van der Waals surface area contributed by atoms with E-state index in [0.717, 1.165) is 11.1 Å². The van der Waals surface area contributed by atoms with Crippen LogP contribution in [0.2, 0.25) is 0 Å². The van der Waals surface area contributed by atoms with E-state index in [1.54, 1.807) is 6.07 Å². The molecule has 0 aromatic heterocycles. The van der Waals surface area contributed by atoms with Crippen LogP contribution in [0.4, 0.5) is 4.39 Å². The van der Waals surface area contributed by atoms with Gasteiger partial charge in [0.1, 0.15) is 5.82 Å². The van der Waals surface area contributed by atoms with Gasteiger partial charge in [-0.05, 0) is 30.2 Å². The van der Waals surface area contributed by atoms with Gasteiger partial charge in [0.15, 0.2) is 0 Å². The van der Waals surface area contributed by atoms with Gasteiger partial charge in [-0.15, -0.1) is 11.8 Å². The molecule has 2 aromatic rings. The van der Waals surface area contributed by atoms with Gasteiger partial charge in [0, 0.05) is 5.75 Å². The van der Waals surface area contributed by atoms with Crippen molar-refractivity contribution in [3.63, 3.8) is 0 Å². The van der Waals surface area contributed by atoms with Gasteiger partial charge in [-0.2, -0.15) is 0 Å². The minimum atomic E-state index is -0.241. The Morgan fingerprint density at radius 1 is 1.19 bits per heavy atom. The van der Waals surface area contributed by atoms with Crippen molar-refractivity contribution in [2.24, 2.45) is 0 Å². The molecule has 4 heteroatoms. The molecule has 0 radical (unpaired) electrons. The van der Waals surface area contributed by atoms with Gasteiger partial charge in [-0.1, -0.05) is 42.5 Å². The SMILES string of the molecule is C[C@H](NC(=O)CSCc1cccc(F)c1)c1ccccc1. The Labute approximate surface area is 128 Å². The first-order valence-corrected chi connectivity index (χ1v) is 7.97. The molecule has 1 amide bonds. The van der Waals surface area contributed by atoms with E-state index in [0.29, 0.717) is 11.5 Å². The van der Waals surface area contributed by atoms with Gasteiger partial charge >= 0.3 is 0 Å². The molecule has 0 unspecified atom stereocenters. The first-order chi connectivity index (χ1) is 10.1. The zero-order chi connectivity index (χ0) is 15.1. The van der Waals surface area contributed by atoms with E-state index >= 15 is 0 Å². The van der Waals surface area contributed by atoms with Crippen molar-refractivity contribution in [3.05, 3.63) is 71.5 Å². The fourth-order valence-electron chi connectivity index (χ4n) is 2.00. The zero-order valence-corrected chi connectivity index (χ0v) is 12.7. The summed E-state index contributed by atoms with van der Waals surface area (Å²) in [4.78, 5) is 11.9. The molecule has 0 aliphatic rings. The molecule has 0 saturated heterocycles. The number of amides is 1. The van der Waals surface area contributed by atoms with E-state index < -0.39 is 0 Å². The van der Waals surface area contributed by atoms with Crippen molar-refractivity contribution in [1.82, 2.24) is 5.32 Å². The fraction of sp³-hybridized carbons (Fsp3) is 0.235. The van der Waals surface area contributed by atoms with Crippen molar-refractivity contribution >= 4 is 17.7 Å². The largest absolute Gasteiger partial charge is 0.349 e. The number of nitrogens with one attached hydrogen (secondary N) is 1. The van der Waals surface area contributed by atoms with Gasteiger partial charge in [0.2, 0.25) is 5.91 Å². The zero-order valence-electron chi connectivity index (χ0n) is 11.9. The summed E-state index contributed by atoms with van der Waals surface area (Å²) in [6.07, 6.45) is 0. The van der Waals surface area contributed by atoms with E-state index in [1.807, 2.05) is 43.3 Å². The van der Waals surface area contributed by atoms with Crippen LogP contribution in [-0.4, -0.2) is 11.7 Å². The molecule has 1 N–H and O–H groups in total. The molecule has 2 aromatic carbocycles. The summed E-state index contributed by atoms with van der Waals surface area (Å²) in [7, 11) is 0. The molecule has 0 fully saturated rings. The number of rotatable bonds is 6. The number of hydrogen-bond acceptors (Lipinski definition) is 2. The van der Waals surface area contributed by atoms with Crippen molar-refractivity contribution in [2.45, 2.75) is 18.7 Å². The first-order valence-electron chi connectivity index (χ1n) is 6.81. The van der Waals surface area contributed by atoms with Crippen molar-refractivity contribution < 1.29 is 9.18 Å². The maximum Gasteiger partial charge on any atom is 0.230 e. The number of thioether (sulfide) groups is 1. The fourth-order valence-corrected chi connectivity index (χ4v) is 2.78. The molecule has 0 aliphatic carbocycles. The highest BCUT2D eigenvalue weighted by atomic mass is 32.2. The molecule has 0 spiro atoms. The quantitative estimate of drug-likeness (QED) is 0.876. The minimum Gasteiger partial charge on any atom is -0.349 e. The lowest BCUT2D eigenvalue weighted by molar-refractivity contribution is -0.119. The summed E-state index contributed by atoms with van der Waals surface area (Å²) in [6.45, 7) is 1.96. The summed E-state index contributed by atoms with van der Waals surface area (Å²) in [5.41, 5.74) is 1.98. The Morgan fingerprint density at radius 2 is 1.95 bits per heavy atom. The van der Waals surface area contributed by atoms with Crippen LogP contribution in [0, 0.1) is 5.82 Å². The highest BCUT2D eigenvalue weighted by Crippen LogP contribution is 2.15. The van der Waals surface area contributed by atoms with E-state index in [4.69, 9.17) is 0 Å². The van der Waals surface area contributed by atoms with Crippen molar-refractivity contribution in [3.8, 4) is 0 Å². The smallest absolute Gasteiger partial charge is 0.230 e. The van der Waals surface area contributed by atoms with Gasteiger partial charge in [-0.3, -0.25) is 4.79 Å². The Bertz CT molecular complexity index is 588. The first kappa shape index (κ1) is 15.6. The maximum atomic E-state index is 13.0. The summed E-state index contributed by atoms with van der Waals surface area (Å²) >= 11 is 1.48. The van der Waals surface area contributed by atoms with Crippen LogP contribution in [0.15, 0.2) is 54.6 Å². The third-order valence-electron chi connectivity index (χ3n) is 3.07. The minimum absolute atomic E-state index is 0.00605. The summed E-state index contributed by atoms with van der Waals surface area (Å²) < 4.78 is 13.0. The average Bonchev–Trinajstić information content (AvgIpc) is 2.48. The average molecular weight is 303 g/mol. The molecule has 2 rings (SSSR count). The molecule has 0 saturated carbocycles. The van der Waals surface area contributed by atoms with E-state index in [2.05, 4.69) is 5.32 Å². The second-order valence-electron chi connectivity index (χ2n) is 4.82. The predicted molar refractivity (Wildman–Crippen MR) is 85.6 cm³/mol. The van der Waals surface area contributed by atoms with Crippen LogP contribution < -0.4 is 5.32 Å². The van der Waals surface area contributed by atoms with Crippen LogP contribution >= 0.6 is 11.8 Å². The van der Waals surface area contributed by atoms with Crippen LogP contribution in [0.5, 0.6) is 0 Å². The van der Waals surface area contributed by atoms with Crippen LogP contribution in [0.1, 0.15) is 24.1 Å². The van der Waals surface area contributed by atoms with E-state index in [9.17, 15) is 9.18 Å². The normalized spacial score (nSPS) is 11.9. The number of benzene rings is 2. The summed E-state index contributed by atoms with van der Waals surface area (Å²) in [5.74, 6) is 0.751. The van der Waals surface area contributed by atoms with Gasteiger partial charge in [0.05, 0.1) is 11.8 Å². The third-order valence-corrected chi connectivity index (χ3v) is 4.07. The predicted octanol–water partition coefficient (Wildman–Crippen LogP) is 3.94. The molecule has 110 valence electrons.